The number of carbonyl (C=O) groups is 1. The van der Waals surface area contributed by atoms with Crippen LogP contribution in [-0.4, -0.2) is 26.6 Å². The van der Waals surface area contributed by atoms with Gasteiger partial charge in [-0.05, 0) is 24.3 Å². The van der Waals surface area contributed by atoms with Gasteiger partial charge >= 0.3 is 0 Å². The lowest BCUT2D eigenvalue weighted by Gasteiger charge is -2.05. The van der Waals surface area contributed by atoms with Gasteiger partial charge < -0.3 is 10.3 Å². The Labute approximate surface area is 152 Å². The molecule has 0 bridgehead atoms. The minimum absolute atomic E-state index is 0.116. The van der Waals surface area contributed by atoms with Gasteiger partial charge in [0.15, 0.2) is 0 Å². The quantitative estimate of drug-likeness (QED) is 0.411. The number of nitrogens with one attached hydrogen (secondary N) is 2. The molecule has 0 aliphatic carbocycles. The maximum absolute atomic E-state index is 12.2. The summed E-state index contributed by atoms with van der Waals surface area (Å²) in [6.07, 6.45) is 1.53. The fraction of sp³-hybridized carbons (Fsp3) is 0.0556. The van der Waals surface area contributed by atoms with Crippen molar-refractivity contribution in [2.45, 2.75) is 5.03 Å². The summed E-state index contributed by atoms with van der Waals surface area (Å²) < 4.78 is 0. The van der Waals surface area contributed by atoms with Crippen molar-refractivity contribution in [1.29, 1.82) is 0 Å². The Morgan fingerprint density at radius 3 is 2.92 bits per heavy atom. The number of thioether (sulfide) groups is 1. The smallest absolute Gasteiger partial charge is 0.234 e. The molecule has 2 aromatic carbocycles. The molecular weight excluding hydrogens is 356 g/mol. The van der Waals surface area contributed by atoms with Gasteiger partial charge in [-0.3, -0.25) is 4.79 Å². The summed E-state index contributed by atoms with van der Waals surface area (Å²) in [6.45, 7) is 0. The number of fused-ring (bicyclic) bond motifs is 3. The van der Waals surface area contributed by atoms with Crippen molar-refractivity contribution in [2.75, 3.05) is 11.1 Å². The number of nitrogens with zero attached hydrogens (tertiary/aromatic N) is 2. The summed E-state index contributed by atoms with van der Waals surface area (Å²) in [6, 6.07) is 15.0. The molecule has 4 rings (SSSR count). The minimum Gasteiger partial charge on any atom is -0.351 e. The number of halogens is 1. The molecule has 0 spiro atoms. The Hall–Kier alpha value is -2.57. The van der Waals surface area contributed by atoms with Crippen molar-refractivity contribution < 1.29 is 4.79 Å². The van der Waals surface area contributed by atoms with E-state index < -0.39 is 0 Å². The first kappa shape index (κ1) is 15.9. The summed E-state index contributed by atoms with van der Waals surface area (Å²) in [7, 11) is 0. The lowest BCUT2D eigenvalue weighted by molar-refractivity contribution is -0.113. The molecule has 2 N–H and O–H groups in total. The van der Waals surface area contributed by atoms with Crippen LogP contribution in [0.1, 0.15) is 0 Å². The normalized spacial score (nSPS) is 11.1. The Balaban J connectivity index is 1.54. The molecule has 1 amide bonds. The van der Waals surface area contributed by atoms with Gasteiger partial charge in [-0.2, -0.15) is 0 Å². The van der Waals surface area contributed by atoms with E-state index in [-0.39, 0.29) is 11.7 Å². The van der Waals surface area contributed by atoms with Crippen LogP contribution in [0.2, 0.25) is 5.02 Å². The predicted octanol–water partition coefficient (Wildman–Crippen LogP) is 4.50. The number of amides is 1. The SMILES string of the molecule is O=C(CSc1ncnc2c1[nH]c1ccccc12)Nc1cccc(Cl)c1. The molecule has 124 valence electrons. The van der Waals surface area contributed by atoms with Crippen molar-refractivity contribution in [3.05, 3.63) is 59.9 Å². The van der Waals surface area contributed by atoms with E-state index in [1.54, 1.807) is 24.3 Å². The number of para-hydroxylation sites is 1. The zero-order chi connectivity index (χ0) is 17.2. The van der Waals surface area contributed by atoms with E-state index in [4.69, 9.17) is 11.6 Å². The fourth-order valence-electron chi connectivity index (χ4n) is 2.63. The minimum atomic E-state index is -0.116. The van der Waals surface area contributed by atoms with E-state index >= 15 is 0 Å². The van der Waals surface area contributed by atoms with Gasteiger partial charge in [0.25, 0.3) is 0 Å². The Morgan fingerprint density at radius 2 is 2.04 bits per heavy atom. The molecule has 0 fully saturated rings. The lowest BCUT2D eigenvalue weighted by Crippen LogP contribution is -2.14. The van der Waals surface area contributed by atoms with E-state index in [0.29, 0.717) is 10.7 Å². The molecule has 2 aromatic heterocycles. The van der Waals surface area contributed by atoms with Gasteiger partial charge in [-0.15, -0.1) is 0 Å². The van der Waals surface area contributed by atoms with Crippen LogP contribution in [-0.2, 0) is 4.79 Å². The van der Waals surface area contributed by atoms with Crippen LogP contribution in [0.5, 0.6) is 0 Å². The number of hydrogen-bond donors (Lipinski definition) is 2. The average molecular weight is 369 g/mol. The van der Waals surface area contributed by atoms with E-state index in [0.717, 1.165) is 27.0 Å². The highest BCUT2D eigenvalue weighted by Gasteiger charge is 2.12. The second-order valence-corrected chi connectivity index (χ2v) is 6.82. The van der Waals surface area contributed by atoms with Crippen LogP contribution < -0.4 is 5.32 Å². The van der Waals surface area contributed by atoms with Crippen LogP contribution in [0, 0.1) is 0 Å². The molecule has 0 aliphatic rings. The maximum atomic E-state index is 12.2. The average Bonchev–Trinajstić information content (AvgIpc) is 2.99. The molecule has 0 radical (unpaired) electrons. The first-order chi connectivity index (χ1) is 12.2. The topological polar surface area (TPSA) is 70.7 Å². The molecule has 2 heterocycles. The van der Waals surface area contributed by atoms with Crippen molar-refractivity contribution in [3.8, 4) is 0 Å². The summed E-state index contributed by atoms with van der Waals surface area (Å²) >= 11 is 7.30. The van der Waals surface area contributed by atoms with Crippen LogP contribution in [0.4, 0.5) is 5.69 Å². The van der Waals surface area contributed by atoms with Crippen LogP contribution >= 0.6 is 23.4 Å². The number of hydrogen-bond acceptors (Lipinski definition) is 4. The number of rotatable bonds is 4. The lowest BCUT2D eigenvalue weighted by atomic mass is 10.2. The standard InChI is InChI=1S/C18H13ClN4OS/c19-11-4-3-5-12(8-11)22-15(24)9-25-18-17-16(20-10-21-18)13-6-1-2-7-14(13)23-17/h1-8,10,23H,9H2,(H,22,24). The highest BCUT2D eigenvalue weighted by Crippen LogP contribution is 2.29. The van der Waals surface area contributed by atoms with Gasteiger partial charge in [-0.1, -0.05) is 47.6 Å². The molecule has 25 heavy (non-hydrogen) atoms. The number of H-pyrrole nitrogens is 1. The number of aromatic amines is 1. The van der Waals surface area contributed by atoms with E-state index in [1.807, 2.05) is 24.3 Å². The molecule has 0 saturated carbocycles. The van der Waals surface area contributed by atoms with Gasteiger partial charge in [0.1, 0.15) is 16.9 Å². The summed E-state index contributed by atoms with van der Waals surface area (Å²) in [5, 5.41) is 5.21. The number of carbonyl (C=O) groups excluding carboxylic acids is 1. The third-order valence-electron chi connectivity index (χ3n) is 3.70. The molecule has 0 saturated heterocycles. The summed E-state index contributed by atoms with van der Waals surface area (Å²) in [5.41, 5.74) is 3.40. The Bertz CT molecular complexity index is 1080. The largest absolute Gasteiger partial charge is 0.351 e. The summed E-state index contributed by atoms with van der Waals surface area (Å²) in [4.78, 5) is 24.2. The Kier molecular flexibility index (Phi) is 4.29. The fourth-order valence-corrected chi connectivity index (χ4v) is 3.57. The zero-order valence-electron chi connectivity index (χ0n) is 13.0. The third-order valence-corrected chi connectivity index (χ3v) is 4.93. The van der Waals surface area contributed by atoms with E-state index in [9.17, 15) is 4.79 Å². The van der Waals surface area contributed by atoms with Gasteiger partial charge in [0, 0.05) is 21.6 Å². The van der Waals surface area contributed by atoms with Crippen molar-refractivity contribution in [1.82, 2.24) is 15.0 Å². The van der Waals surface area contributed by atoms with Crippen molar-refractivity contribution in [3.63, 3.8) is 0 Å². The second kappa shape index (κ2) is 6.74. The molecule has 0 unspecified atom stereocenters. The first-order valence-corrected chi connectivity index (χ1v) is 8.97. The Morgan fingerprint density at radius 1 is 1.16 bits per heavy atom. The monoisotopic (exact) mass is 368 g/mol. The maximum Gasteiger partial charge on any atom is 0.234 e. The molecule has 4 aromatic rings. The summed E-state index contributed by atoms with van der Waals surface area (Å²) in [5.74, 6) is 0.128. The van der Waals surface area contributed by atoms with Crippen molar-refractivity contribution >= 4 is 56.9 Å². The van der Waals surface area contributed by atoms with Gasteiger partial charge in [0.05, 0.1) is 11.3 Å². The molecular formula is C18H13ClN4OS. The zero-order valence-corrected chi connectivity index (χ0v) is 14.6. The highest BCUT2D eigenvalue weighted by atomic mass is 35.5. The number of aromatic nitrogens is 3. The molecule has 5 nitrogen and oxygen atoms in total. The first-order valence-electron chi connectivity index (χ1n) is 7.60. The van der Waals surface area contributed by atoms with Crippen molar-refractivity contribution in [2.24, 2.45) is 0 Å². The van der Waals surface area contributed by atoms with Crippen LogP contribution in [0.25, 0.3) is 21.9 Å². The van der Waals surface area contributed by atoms with E-state index in [2.05, 4.69) is 20.3 Å². The van der Waals surface area contributed by atoms with Crippen LogP contribution in [0.3, 0.4) is 0 Å². The number of anilines is 1. The third kappa shape index (κ3) is 3.31. The van der Waals surface area contributed by atoms with E-state index in [1.165, 1.54) is 18.1 Å². The van der Waals surface area contributed by atoms with Gasteiger partial charge in [0.2, 0.25) is 5.91 Å². The number of benzene rings is 2. The van der Waals surface area contributed by atoms with Gasteiger partial charge in [-0.25, -0.2) is 9.97 Å². The predicted molar refractivity (Wildman–Crippen MR) is 102 cm³/mol. The molecule has 7 heteroatoms. The van der Waals surface area contributed by atoms with Crippen LogP contribution in [0.15, 0.2) is 59.9 Å². The molecule has 0 atom stereocenters. The highest BCUT2D eigenvalue weighted by molar-refractivity contribution is 8.00. The molecule has 0 aliphatic heterocycles. The second-order valence-electron chi connectivity index (χ2n) is 5.42.